The van der Waals surface area contributed by atoms with Crippen LogP contribution in [0.5, 0.6) is 0 Å². The van der Waals surface area contributed by atoms with Crippen LogP contribution in [0.25, 0.3) is 0 Å². The molecule has 0 fully saturated rings. The molecular weight excluding hydrogens is 459 g/mol. The zero-order valence-corrected chi connectivity index (χ0v) is 25.6. The molecule has 0 heterocycles. The van der Waals surface area contributed by atoms with Crippen molar-refractivity contribution in [3.8, 4) is 0 Å². The van der Waals surface area contributed by atoms with E-state index in [0.717, 1.165) is 24.7 Å². The monoisotopic (exact) mass is 506 g/mol. The molecule has 0 aromatic heterocycles. The molecule has 0 spiro atoms. The summed E-state index contributed by atoms with van der Waals surface area (Å²) in [5.41, 5.74) is 6.03. The second-order valence-electron chi connectivity index (χ2n) is 8.06. The molecule has 4 heteroatoms. The Morgan fingerprint density at radius 1 is 0.767 bits per heavy atom. The summed E-state index contributed by atoms with van der Waals surface area (Å²) in [7, 11) is 1.86. The molecule has 2 rings (SSSR count). The summed E-state index contributed by atoms with van der Waals surface area (Å²) < 4.78 is 0. The molecule has 0 radical (unpaired) electrons. The van der Waals surface area contributed by atoms with E-state index in [1.807, 2.05) is 26.8 Å². The molecule has 0 N–H and O–H groups in total. The Labute approximate surface area is 216 Å². The van der Waals surface area contributed by atoms with Gasteiger partial charge in [0.1, 0.15) is 0 Å². The van der Waals surface area contributed by atoms with E-state index in [9.17, 15) is 0 Å². The van der Waals surface area contributed by atoms with Crippen LogP contribution in [0.1, 0.15) is 92.9 Å². The van der Waals surface area contributed by atoms with Gasteiger partial charge in [0.25, 0.3) is 0 Å². The first-order valence-corrected chi connectivity index (χ1v) is 14.4. The van der Waals surface area contributed by atoms with Gasteiger partial charge in [0.15, 0.2) is 0 Å². The molecule has 0 saturated carbocycles. The van der Waals surface area contributed by atoms with Crippen molar-refractivity contribution in [3.63, 3.8) is 0 Å². The zero-order chi connectivity index (χ0) is 19.9. The number of allylic oxidation sites excluding steroid dienone is 8. The molecule has 0 unspecified atom stereocenters. The van der Waals surface area contributed by atoms with Crippen LogP contribution in [0.2, 0.25) is 0 Å². The molecule has 2 aliphatic rings. The Hall–Kier alpha value is 0.471. The summed E-state index contributed by atoms with van der Waals surface area (Å²) in [6, 6.07) is 0. The minimum absolute atomic E-state index is 0. The Kier molecular flexibility index (Phi) is 35.0. The molecule has 0 aliphatic heterocycles. The summed E-state index contributed by atoms with van der Waals surface area (Å²) in [5, 5.41) is 0. The van der Waals surface area contributed by atoms with Crippen LogP contribution in [0, 0.1) is 38.8 Å². The molecule has 0 atom stereocenters. The molecular formula is C26H48Cl2SiTi-4. The molecule has 0 aromatic carbocycles. The molecule has 2 aliphatic carbocycles. The fourth-order valence-corrected chi connectivity index (χ4v) is 3.32. The van der Waals surface area contributed by atoms with E-state index in [-0.39, 0.29) is 39.7 Å². The third-order valence-corrected chi connectivity index (χ3v) is 4.22. The first kappa shape index (κ1) is 40.8. The van der Waals surface area contributed by atoms with Crippen molar-refractivity contribution in [3.05, 3.63) is 61.4 Å². The predicted octanol–water partition coefficient (Wildman–Crippen LogP) is 8.61. The summed E-state index contributed by atoms with van der Waals surface area (Å²) in [4.78, 5) is 0. The van der Waals surface area contributed by atoms with Gasteiger partial charge >= 0.3 is 26.8 Å². The van der Waals surface area contributed by atoms with Crippen molar-refractivity contribution in [2.75, 3.05) is 0 Å². The number of halogens is 2. The summed E-state index contributed by atoms with van der Waals surface area (Å²) in [6.07, 6.45) is 21.2. The van der Waals surface area contributed by atoms with Crippen LogP contribution in [-0.4, -0.2) is 7.63 Å². The fraction of sp³-hybridized carbons (Fsp3) is 0.615. The maximum atomic E-state index is 3.44. The van der Waals surface area contributed by atoms with E-state index in [4.69, 9.17) is 0 Å². The first-order chi connectivity index (χ1) is 12.4. The molecule has 0 saturated heterocycles. The number of hydrogen-bond donors (Lipinski definition) is 0. The summed E-state index contributed by atoms with van der Waals surface area (Å²) in [6.45, 7) is 13.6. The second kappa shape index (κ2) is 25.7. The molecule has 0 nitrogen and oxygen atoms in total. The molecule has 178 valence electrons. The Morgan fingerprint density at radius 2 is 1.07 bits per heavy atom. The molecule has 30 heavy (non-hydrogen) atoms. The first-order valence-electron chi connectivity index (χ1n) is 10.4. The van der Waals surface area contributed by atoms with Gasteiger partial charge in [-0.05, 0) is 24.7 Å². The van der Waals surface area contributed by atoms with Crippen LogP contribution in [-0.2, 0) is 19.2 Å². The molecule has 0 bridgehead atoms. The maximum absolute atomic E-state index is 3.44. The minimum atomic E-state index is 0. The van der Waals surface area contributed by atoms with Crippen molar-refractivity contribution >= 4 is 32.4 Å². The summed E-state index contributed by atoms with van der Waals surface area (Å²) >= 11 is 2.03. The van der Waals surface area contributed by atoms with E-state index in [0.29, 0.717) is 0 Å². The summed E-state index contributed by atoms with van der Waals surface area (Å²) in [5.74, 6) is 1.58. The molecule has 0 amide bonds. The third-order valence-electron chi connectivity index (χ3n) is 4.22. The normalized spacial score (nSPS) is 13.4. The van der Waals surface area contributed by atoms with Crippen LogP contribution in [0.15, 0.2) is 34.4 Å². The van der Waals surface area contributed by atoms with Crippen molar-refractivity contribution in [1.29, 1.82) is 0 Å². The number of rotatable bonds is 8. The Morgan fingerprint density at radius 3 is 1.30 bits per heavy atom. The van der Waals surface area contributed by atoms with Crippen LogP contribution < -0.4 is 0 Å². The van der Waals surface area contributed by atoms with E-state index >= 15 is 0 Å². The topological polar surface area (TPSA) is 0 Å². The number of hydrogen-bond acceptors (Lipinski definition) is 0. The van der Waals surface area contributed by atoms with Crippen molar-refractivity contribution < 1.29 is 19.2 Å². The van der Waals surface area contributed by atoms with Crippen molar-refractivity contribution in [2.24, 2.45) is 11.8 Å². The van der Waals surface area contributed by atoms with Crippen molar-refractivity contribution in [2.45, 2.75) is 92.9 Å². The van der Waals surface area contributed by atoms with Gasteiger partial charge in [-0.15, -0.1) is 37.7 Å². The van der Waals surface area contributed by atoms with E-state index < -0.39 is 0 Å². The Balaban J connectivity index is -0.000000114. The quantitative estimate of drug-likeness (QED) is 0.228. The van der Waals surface area contributed by atoms with Crippen molar-refractivity contribution in [1.82, 2.24) is 0 Å². The van der Waals surface area contributed by atoms with Gasteiger partial charge in [0, 0.05) is 0 Å². The van der Waals surface area contributed by atoms with E-state index in [1.54, 1.807) is 11.1 Å². The average Bonchev–Trinajstić information content (AvgIpc) is 3.19. The standard InChI is InChI=1S/2C12H19.2CH3.2ClH.H2Si.Ti/c2*1-4-5-11-6-7-12(9-11)8-10(2)3;;;;;;/h2*9-10H,4-5,7-8H2,1-3H3;2*1H3;2*1H;1H2;/q4*-1;;;;. The zero-order valence-electron chi connectivity index (χ0n) is 21.0. The van der Waals surface area contributed by atoms with Crippen LogP contribution in [0.3, 0.4) is 0 Å². The Bertz CT molecular complexity index is 471. The van der Waals surface area contributed by atoms with Gasteiger partial charge in [-0.25, -0.2) is 23.3 Å². The second-order valence-corrected chi connectivity index (χ2v) is 8.06. The van der Waals surface area contributed by atoms with Gasteiger partial charge in [0.05, 0.1) is 0 Å². The van der Waals surface area contributed by atoms with Gasteiger partial charge in [-0.1, -0.05) is 67.2 Å². The third kappa shape index (κ3) is 20.4. The van der Waals surface area contributed by atoms with E-state index in [2.05, 4.69) is 65.8 Å². The fourth-order valence-electron chi connectivity index (χ4n) is 3.32. The van der Waals surface area contributed by atoms with Crippen LogP contribution >= 0.6 is 24.8 Å². The van der Waals surface area contributed by atoms with Gasteiger partial charge in [-0.2, -0.15) is 11.1 Å². The molecule has 0 aromatic rings. The van der Waals surface area contributed by atoms with Gasteiger partial charge < -0.3 is 14.9 Å². The predicted molar refractivity (Wildman–Crippen MR) is 144 cm³/mol. The van der Waals surface area contributed by atoms with Gasteiger partial charge in [-0.3, -0.25) is 12.2 Å². The van der Waals surface area contributed by atoms with Crippen LogP contribution in [0.4, 0.5) is 0 Å². The van der Waals surface area contributed by atoms with Gasteiger partial charge in [0.2, 0.25) is 0 Å². The SMILES string of the molecule is CCCC1=[C-]CC(CC(C)C)=C1.CCCC1=[C-]CC(CC(C)C)=C1.Cl.Cl.[CH3-].[CH3-].[SiH2]=[Ti]. The average molecular weight is 508 g/mol. The van der Waals surface area contributed by atoms with E-state index in [1.165, 1.54) is 49.7 Å².